The van der Waals surface area contributed by atoms with Gasteiger partial charge in [-0.05, 0) is 78.2 Å². The number of Topliss-reactive ketones (excluding diaryl/α,β-unsaturated/α-hetero) is 1. The fraction of sp³-hybridized carbons (Fsp3) is 0.464. The van der Waals surface area contributed by atoms with Gasteiger partial charge in [0.2, 0.25) is 11.8 Å². The van der Waals surface area contributed by atoms with E-state index in [4.69, 9.17) is 0 Å². The number of hydrogen-bond acceptors (Lipinski definition) is 3. The molecule has 2 aromatic carbocycles. The van der Waals surface area contributed by atoms with Crippen molar-refractivity contribution in [2.24, 2.45) is 46.8 Å². The number of aryl methyl sites for hydroxylation is 1. The Bertz CT molecular complexity index is 1250. The molecule has 0 aromatic heterocycles. The number of ketones is 1. The fourth-order valence-electron chi connectivity index (χ4n) is 9.43. The monoisotopic (exact) mass is 438 g/mol. The van der Waals surface area contributed by atoms with E-state index in [1.165, 1.54) is 12.0 Å². The van der Waals surface area contributed by atoms with E-state index in [0.717, 1.165) is 36.3 Å². The van der Waals surface area contributed by atoms with Crippen molar-refractivity contribution in [3.05, 3.63) is 59.7 Å². The zero-order valence-corrected chi connectivity index (χ0v) is 18.4. The zero-order valence-electron chi connectivity index (χ0n) is 18.4. The van der Waals surface area contributed by atoms with Gasteiger partial charge in [0.05, 0.1) is 11.8 Å². The minimum atomic E-state index is -0.389. The summed E-state index contributed by atoms with van der Waals surface area (Å²) in [5.41, 5.74) is 3.59. The van der Waals surface area contributed by atoms with Crippen LogP contribution in [-0.4, -0.2) is 24.1 Å². The highest BCUT2D eigenvalue weighted by Gasteiger charge is 2.96. The number of benzene rings is 2. The van der Waals surface area contributed by atoms with Crippen LogP contribution in [0.15, 0.2) is 48.5 Å². The van der Waals surface area contributed by atoms with Crippen molar-refractivity contribution in [3.8, 4) is 0 Å². The molecule has 166 valence electrons. The van der Waals surface area contributed by atoms with Crippen molar-refractivity contribution in [1.29, 1.82) is 0 Å². The summed E-state index contributed by atoms with van der Waals surface area (Å²) >= 11 is 0. The minimum Gasteiger partial charge on any atom is -0.326 e. The van der Waals surface area contributed by atoms with Gasteiger partial charge in [0.25, 0.3) is 0 Å². The highest BCUT2D eigenvalue weighted by Crippen LogP contribution is 2.92. The summed E-state index contributed by atoms with van der Waals surface area (Å²) in [5, 5.41) is 3.14. The van der Waals surface area contributed by atoms with Crippen LogP contribution in [0.5, 0.6) is 0 Å². The lowest BCUT2D eigenvalue weighted by Crippen LogP contribution is -2.74. The predicted octanol–water partition coefficient (Wildman–Crippen LogP) is 3.47. The SMILES string of the molecule is O=C1C2C3CC4C2C2(C(=O)Nc5ccc(CC(=O)N6CCCc7ccccc76)cc5)C1C3C42. The van der Waals surface area contributed by atoms with Gasteiger partial charge in [-0.25, -0.2) is 0 Å². The van der Waals surface area contributed by atoms with Gasteiger partial charge >= 0.3 is 0 Å². The molecule has 1 N–H and O–H groups in total. The van der Waals surface area contributed by atoms with Gasteiger partial charge in [-0.1, -0.05) is 30.3 Å². The molecule has 5 heteroatoms. The molecule has 0 saturated heterocycles. The number of hydrogen-bond donors (Lipinski definition) is 1. The van der Waals surface area contributed by atoms with Gasteiger partial charge in [-0.2, -0.15) is 0 Å². The number of amides is 2. The fourth-order valence-corrected chi connectivity index (χ4v) is 9.43. The Kier molecular flexibility index (Phi) is 3.32. The average Bonchev–Trinajstić information content (AvgIpc) is 3.35. The van der Waals surface area contributed by atoms with E-state index in [2.05, 4.69) is 11.4 Å². The second-order valence-electron chi connectivity index (χ2n) is 11.1. The molecule has 0 spiro atoms. The molecule has 2 aromatic rings. The van der Waals surface area contributed by atoms with E-state index < -0.39 is 0 Å². The average molecular weight is 439 g/mol. The summed E-state index contributed by atoms with van der Waals surface area (Å²) in [7, 11) is 0. The van der Waals surface area contributed by atoms with Gasteiger partial charge in [0, 0.05) is 29.8 Å². The number of carbonyl (C=O) groups is 3. The first kappa shape index (κ1) is 18.5. The lowest BCUT2D eigenvalue weighted by molar-refractivity contribution is -0.245. The minimum absolute atomic E-state index is 0.00515. The number of rotatable bonds is 4. The van der Waals surface area contributed by atoms with Crippen molar-refractivity contribution in [3.63, 3.8) is 0 Å². The maximum absolute atomic E-state index is 13.4. The number of para-hydroxylation sites is 1. The van der Waals surface area contributed by atoms with E-state index in [9.17, 15) is 14.4 Å². The van der Waals surface area contributed by atoms with E-state index in [1.54, 1.807) is 0 Å². The van der Waals surface area contributed by atoms with Crippen molar-refractivity contribution < 1.29 is 14.4 Å². The van der Waals surface area contributed by atoms with Crippen molar-refractivity contribution in [1.82, 2.24) is 0 Å². The zero-order chi connectivity index (χ0) is 22.1. The Morgan fingerprint density at radius 3 is 2.67 bits per heavy atom. The van der Waals surface area contributed by atoms with Crippen molar-refractivity contribution in [2.45, 2.75) is 25.7 Å². The lowest BCUT2D eigenvalue weighted by atomic mass is 9.31. The van der Waals surface area contributed by atoms with Gasteiger partial charge in [0.15, 0.2) is 0 Å². The van der Waals surface area contributed by atoms with E-state index in [1.807, 2.05) is 47.4 Å². The molecular weight excluding hydrogens is 412 g/mol. The quantitative estimate of drug-likeness (QED) is 0.795. The maximum atomic E-state index is 13.4. The molecule has 0 radical (unpaired) electrons. The first-order valence-electron chi connectivity index (χ1n) is 12.4. The molecule has 6 saturated carbocycles. The molecule has 2 amide bonds. The number of nitrogens with zero attached hydrogens (tertiary/aromatic N) is 1. The molecule has 4 bridgehead atoms. The summed E-state index contributed by atoms with van der Waals surface area (Å²) in [6.45, 7) is 0.762. The molecule has 1 aliphatic heterocycles. The summed E-state index contributed by atoms with van der Waals surface area (Å²) < 4.78 is 0. The molecule has 8 atom stereocenters. The van der Waals surface area contributed by atoms with Crippen LogP contribution >= 0.6 is 0 Å². The topological polar surface area (TPSA) is 66.5 Å². The molecule has 6 fully saturated rings. The van der Waals surface area contributed by atoms with Crippen LogP contribution in [0.1, 0.15) is 24.0 Å². The van der Waals surface area contributed by atoms with E-state index in [0.29, 0.717) is 41.8 Å². The number of carbonyl (C=O) groups excluding carboxylic acids is 3. The second-order valence-corrected chi connectivity index (χ2v) is 11.1. The Morgan fingerprint density at radius 1 is 1.03 bits per heavy atom. The smallest absolute Gasteiger partial charge is 0.231 e. The third-order valence-electron chi connectivity index (χ3n) is 10.2. The maximum Gasteiger partial charge on any atom is 0.231 e. The summed E-state index contributed by atoms with van der Waals surface area (Å²) in [6.07, 6.45) is 3.54. The summed E-state index contributed by atoms with van der Waals surface area (Å²) in [4.78, 5) is 41.1. The van der Waals surface area contributed by atoms with Crippen LogP contribution < -0.4 is 10.2 Å². The van der Waals surface area contributed by atoms with E-state index in [-0.39, 0.29) is 29.1 Å². The van der Waals surface area contributed by atoms with Crippen LogP contribution in [0.3, 0.4) is 0 Å². The van der Waals surface area contributed by atoms with Crippen LogP contribution in [0, 0.1) is 46.8 Å². The lowest BCUT2D eigenvalue weighted by Gasteiger charge is -2.70. The highest BCUT2D eigenvalue weighted by atomic mass is 16.2. The molecule has 1 heterocycles. The third-order valence-corrected chi connectivity index (χ3v) is 10.2. The molecule has 9 rings (SSSR count). The first-order valence-corrected chi connectivity index (χ1v) is 12.4. The Morgan fingerprint density at radius 2 is 1.85 bits per heavy atom. The van der Waals surface area contributed by atoms with Crippen molar-refractivity contribution in [2.75, 3.05) is 16.8 Å². The Labute approximate surface area is 192 Å². The molecule has 5 nitrogen and oxygen atoms in total. The van der Waals surface area contributed by atoms with Crippen molar-refractivity contribution >= 4 is 29.0 Å². The largest absolute Gasteiger partial charge is 0.326 e. The molecular formula is C28H26N2O3. The van der Waals surface area contributed by atoms with E-state index >= 15 is 0 Å². The molecule has 7 aliphatic rings. The second kappa shape index (κ2) is 5.94. The number of fused-ring (bicyclic) bond motifs is 1. The number of nitrogens with one attached hydrogen (secondary N) is 1. The number of anilines is 2. The Hall–Kier alpha value is -2.95. The van der Waals surface area contributed by atoms with Gasteiger partial charge in [-0.15, -0.1) is 0 Å². The first-order chi connectivity index (χ1) is 16.1. The van der Waals surface area contributed by atoms with Crippen LogP contribution in [0.4, 0.5) is 11.4 Å². The molecule has 6 aliphatic carbocycles. The predicted molar refractivity (Wildman–Crippen MR) is 122 cm³/mol. The molecule has 33 heavy (non-hydrogen) atoms. The summed E-state index contributed by atoms with van der Waals surface area (Å²) in [5.74, 6) is 3.29. The standard InChI is InChI=1S/C28H26N2O3/c31-20(30-11-3-5-15-4-1-2-6-19(15)30)12-14-7-9-16(10-8-14)29-27(33)28-23-18-13-17-21(23)25(28)26(32)22(17)24(18)28/h1-2,4,6-10,17-18,21-25H,3,5,11-13H2,(H,29,33). The third kappa shape index (κ3) is 1.96. The van der Waals surface area contributed by atoms with Gasteiger partial charge < -0.3 is 10.2 Å². The molecule has 8 unspecified atom stereocenters. The van der Waals surface area contributed by atoms with Crippen LogP contribution in [-0.2, 0) is 27.2 Å². The van der Waals surface area contributed by atoms with Crippen LogP contribution in [0.2, 0.25) is 0 Å². The van der Waals surface area contributed by atoms with Gasteiger partial charge in [-0.3, -0.25) is 14.4 Å². The van der Waals surface area contributed by atoms with Crippen LogP contribution in [0.25, 0.3) is 0 Å². The van der Waals surface area contributed by atoms with Gasteiger partial charge in [0.1, 0.15) is 5.78 Å². The Balaban J connectivity index is 0.973. The highest BCUT2D eigenvalue weighted by molar-refractivity contribution is 6.08. The normalized spacial score (nSPS) is 39.8. The summed E-state index contributed by atoms with van der Waals surface area (Å²) in [6, 6.07) is 15.8.